The van der Waals surface area contributed by atoms with Crippen molar-refractivity contribution in [3.63, 3.8) is 0 Å². The molecule has 1 aliphatic heterocycles. The van der Waals surface area contributed by atoms with Gasteiger partial charge < -0.3 is 14.4 Å². The summed E-state index contributed by atoms with van der Waals surface area (Å²) in [5.74, 6) is 1.37. The van der Waals surface area contributed by atoms with E-state index in [1.165, 1.54) is 12.8 Å². The third-order valence-corrected chi connectivity index (χ3v) is 4.97. The molecule has 0 bridgehead atoms. The molecule has 130 valence electrons. The number of methoxy groups -OCH3 is 2. The molecule has 0 saturated heterocycles. The minimum absolute atomic E-state index is 0.0358. The monoisotopic (exact) mass is 331 g/mol. The Morgan fingerprint density at radius 2 is 1.92 bits per heavy atom. The zero-order chi connectivity index (χ0) is 17.1. The summed E-state index contributed by atoms with van der Waals surface area (Å²) < 4.78 is 10.6. The van der Waals surface area contributed by atoms with Crippen LogP contribution in [0.1, 0.15) is 37.3 Å². The van der Waals surface area contributed by atoms with Crippen LogP contribution in [-0.2, 0) is 0 Å². The molecule has 1 saturated carbocycles. The lowest BCUT2D eigenvalue weighted by atomic mass is 10.1. The lowest BCUT2D eigenvalue weighted by Crippen LogP contribution is -2.44. The molecule has 3 rings (SSSR count). The third-order valence-electron chi connectivity index (χ3n) is 4.97. The number of carbonyl (C=O) groups excluding carboxylic acids is 1. The van der Waals surface area contributed by atoms with E-state index in [-0.39, 0.29) is 12.1 Å². The summed E-state index contributed by atoms with van der Waals surface area (Å²) in [4.78, 5) is 20.7. The van der Waals surface area contributed by atoms with E-state index in [2.05, 4.69) is 4.99 Å². The highest BCUT2D eigenvalue weighted by atomic mass is 16.5. The Bertz CT molecular complexity index is 626. The van der Waals surface area contributed by atoms with Gasteiger partial charge in [0.25, 0.3) is 0 Å². The first-order valence-electron chi connectivity index (χ1n) is 8.42. The van der Waals surface area contributed by atoms with Crippen LogP contribution in [0.4, 0.5) is 4.79 Å². The first kappa shape index (κ1) is 16.6. The highest BCUT2D eigenvalue weighted by Gasteiger charge is 2.30. The molecule has 6 nitrogen and oxygen atoms in total. The summed E-state index contributed by atoms with van der Waals surface area (Å²) in [5, 5.41) is 0. The molecule has 0 aromatic heterocycles. The number of aliphatic imine (C=N–C) groups is 1. The van der Waals surface area contributed by atoms with Crippen LogP contribution in [-0.4, -0.2) is 56.0 Å². The number of ether oxygens (including phenoxy) is 2. The molecule has 6 heteroatoms. The van der Waals surface area contributed by atoms with Gasteiger partial charge in [-0.15, -0.1) is 0 Å². The molecular formula is C18H25N3O3. The number of carbonyl (C=O) groups is 1. The fourth-order valence-electron chi connectivity index (χ4n) is 3.47. The number of urea groups is 1. The van der Waals surface area contributed by atoms with Crippen LogP contribution in [0, 0.1) is 0 Å². The summed E-state index contributed by atoms with van der Waals surface area (Å²) in [6, 6.07) is 6.11. The van der Waals surface area contributed by atoms with Crippen LogP contribution in [0.25, 0.3) is 0 Å². The number of hydrogen-bond donors (Lipinski definition) is 0. The van der Waals surface area contributed by atoms with Crippen molar-refractivity contribution in [2.24, 2.45) is 4.99 Å². The van der Waals surface area contributed by atoms with Crippen molar-refractivity contribution < 1.29 is 14.3 Å². The van der Waals surface area contributed by atoms with Gasteiger partial charge >= 0.3 is 6.03 Å². The van der Waals surface area contributed by atoms with Crippen LogP contribution in [0.5, 0.6) is 11.5 Å². The number of benzene rings is 1. The molecule has 1 unspecified atom stereocenters. The van der Waals surface area contributed by atoms with E-state index in [9.17, 15) is 4.79 Å². The lowest BCUT2D eigenvalue weighted by Gasteiger charge is -2.28. The van der Waals surface area contributed by atoms with Gasteiger partial charge in [-0.2, -0.15) is 0 Å². The van der Waals surface area contributed by atoms with Crippen molar-refractivity contribution in [3.8, 4) is 11.5 Å². The van der Waals surface area contributed by atoms with Gasteiger partial charge in [-0.25, -0.2) is 4.79 Å². The normalized spacial score (nSPS) is 20.5. The van der Waals surface area contributed by atoms with Crippen LogP contribution < -0.4 is 9.47 Å². The third kappa shape index (κ3) is 3.18. The molecule has 1 aromatic carbocycles. The highest BCUT2D eigenvalue weighted by Crippen LogP contribution is 2.33. The molecule has 0 N–H and O–H groups in total. The quantitative estimate of drug-likeness (QED) is 0.852. The van der Waals surface area contributed by atoms with Crippen LogP contribution in [0.3, 0.4) is 0 Å². The summed E-state index contributed by atoms with van der Waals surface area (Å²) in [7, 11) is 5.13. The Kier molecular flexibility index (Phi) is 4.92. The maximum Gasteiger partial charge on any atom is 0.325 e. The standard InChI is InChI=1S/C18H25N3O3/c1-20(14-6-4-5-7-14)18(22)21-11-15(19-12-21)13-8-9-16(23-2)17(10-13)24-3/h8-10,12,14-15H,4-7,11H2,1-3H3. The van der Waals surface area contributed by atoms with Gasteiger partial charge in [0, 0.05) is 13.1 Å². The van der Waals surface area contributed by atoms with Gasteiger partial charge in [-0.1, -0.05) is 18.9 Å². The number of rotatable bonds is 4. The van der Waals surface area contributed by atoms with Gasteiger partial charge in [0.15, 0.2) is 11.5 Å². The van der Waals surface area contributed by atoms with Crippen molar-refractivity contribution in [2.45, 2.75) is 37.8 Å². The first-order chi connectivity index (χ1) is 11.6. The largest absolute Gasteiger partial charge is 0.493 e. The van der Waals surface area contributed by atoms with Gasteiger partial charge in [-0.05, 0) is 30.5 Å². The first-order valence-corrected chi connectivity index (χ1v) is 8.42. The molecule has 24 heavy (non-hydrogen) atoms. The van der Waals surface area contributed by atoms with E-state index < -0.39 is 0 Å². The average molecular weight is 331 g/mol. The maximum absolute atomic E-state index is 12.6. The molecule has 1 atom stereocenters. The predicted octanol–water partition coefficient (Wildman–Crippen LogP) is 3.08. The van der Waals surface area contributed by atoms with Gasteiger partial charge in [0.05, 0.1) is 33.1 Å². The van der Waals surface area contributed by atoms with E-state index in [1.807, 2.05) is 30.1 Å². The SMILES string of the molecule is COc1ccc(C2CN(C(=O)N(C)C3CCCC3)C=N2)cc1OC. The molecule has 0 radical (unpaired) electrons. The van der Waals surface area contributed by atoms with Crippen LogP contribution in [0.15, 0.2) is 23.2 Å². The summed E-state index contributed by atoms with van der Waals surface area (Å²) in [6.07, 6.45) is 6.29. The molecule has 1 heterocycles. The second-order valence-corrected chi connectivity index (χ2v) is 6.38. The van der Waals surface area contributed by atoms with Crippen molar-refractivity contribution >= 4 is 12.4 Å². The van der Waals surface area contributed by atoms with E-state index in [1.54, 1.807) is 25.5 Å². The fourth-order valence-corrected chi connectivity index (χ4v) is 3.47. The van der Waals surface area contributed by atoms with Gasteiger partial charge in [-0.3, -0.25) is 9.89 Å². The molecule has 2 amide bonds. The minimum Gasteiger partial charge on any atom is -0.493 e. The predicted molar refractivity (Wildman–Crippen MR) is 92.9 cm³/mol. The van der Waals surface area contributed by atoms with E-state index in [4.69, 9.17) is 9.47 Å². The Labute approximate surface area is 143 Å². The van der Waals surface area contributed by atoms with Crippen LogP contribution >= 0.6 is 0 Å². The van der Waals surface area contributed by atoms with Gasteiger partial charge in [0.2, 0.25) is 0 Å². The molecule has 2 aliphatic rings. The second-order valence-electron chi connectivity index (χ2n) is 6.38. The number of amides is 2. The topological polar surface area (TPSA) is 54.4 Å². The number of nitrogens with zero attached hydrogens (tertiary/aromatic N) is 3. The average Bonchev–Trinajstić information content (AvgIpc) is 3.31. The van der Waals surface area contributed by atoms with E-state index in [0.29, 0.717) is 24.1 Å². The fraction of sp³-hybridized carbons (Fsp3) is 0.556. The maximum atomic E-state index is 12.6. The molecule has 1 aromatic rings. The lowest BCUT2D eigenvalue weighted by molar-refractivity contribution is 0.170. The number of hydrogen-bond acceptors (Lipinski definition) is 4. The Morgan fingerprint density at radius 1 is 1.21 bits per heavy atom. The van der Waals surface area contributed by atoms with Crippen molar-refractivity contribution in [1.29, 1.82) is 0 Å². The second kappa shape index (κ2) is 7.11. The van der Waals surface area contributed by atoms with Crippen molar-refractivity contribution in [3.05, 3.63) is 23.8 Å². The Hall–Kier alpha value is -2.24. The highest BCUT2D eigenvalue weighted by molar-refractivity contribution is 5.87. The minimum atomic E-state index is -0.0641. The molecule has 1 aliphatic carbocycles. The zero-order valence-electron chi connectivity index (χ0n) is 14.6. The molecular weight excluding hydrogens is 306 g/mol. The zero-order valence-corrected chi connectivity index (χ0v) is 14.6. The van der Waals surface area contributed by atoms with E-state index in [0.717, 1.165) is 18.4 Å². The Morgan fingerprint density at radius 3 is 2.58 bits per heavy atom. The van der Waals surface area contributed by atoms with Gasteiger partial charge in [0.1, 0.15) is 0 Å². The van der Waals surface area contributed by atoms with Crippen molar-refractivity contribution in [1.82, 2.24) is 9.80 Å². The van der Waals surface area contributed by atoms with E-state index >= 15 is 0 Å². The van der Waals surface area contributed by atoms with Crippen LogP contribution in [0.2, 0.25) is 0 Å². The summed E-state index contributed by atoms with van der Waals surface area (Å²) >= 11 is 0. The smallest absolute Gasteiger partial charge is 0.325 e. The van der Waals surface area contributed by atoms with Crippen molar-refractivity contribution in [2.75, 3.05) is 27.8 Å². The molecule has 1 fully saturated rings. The summed E-state index contributed by atoms with van der Waals surface area (Å²) in [6.45, 7) is 0.561. The summed E-state index contributed by atoms with van der Waals surface area (Å²) in [5.41, 5.74) is 1.02. The molecule has 0 spiro atoms. The Balaban J connectivity index is 1.67.